The average Bonchev–Trinajstić information content (AvgIpc) is 2.66. The molecule has 0 spiro atoms. The molecule has 2 atom stereocenters. The molecule has 0 bridgehead atoms. The lowest BCUT2D eigenvalue weighted by Crippen LogP contribution is -2.20. The van der Waals surface area contributed by atoms with E-state index in [1.54, 1.807) is 4.57 Å². The first kappa shape index (κ1) is 9.71. The van der Waals surface area contributed by atoms with Crippen molar-refractivity contribution >= 4 is 12.2 Å². The molecule has 1 heterocycles. The van der Waals surface area contributed by atoms with Gasteiger partial charge in [-0.15, -0.1) is 0 Å². The van der Waals surface area contributed by atoms with Crippen LogP contribution in [0.4, 0.5) is 0 Å². The number of hydrogen-bond donors (Lipinski definition) is 2. The zero-order valence-corrected chi connectivity index (χ0v) is 9.44. The Labute approximate surface area is 87.3 Å². The van der Waals surface area contributed by atoms with Gasteiger partial charge in [-0.3, -0.25) is 9.67 Å². The Morgan fingerprint density at radius 3 is 2.57 bits per heavy atom. The Balaban J connectivity index is 2.38. The summed E-state index contributed by atoms with van der Waals surface area (Å²) >= 11 is 5.05. The Morgan fingerprint density at radius 1 is 1.57 bits per heavy atom. The summed E-state index contributed by atoms with van der Waals surface area (Å²) in [6, 6.07) is 0.269. The van der Waals surface area contributed by atoms with Crippen molar-refractivity contribution in [1.29, 1.82) is 0 Å². The second-order valence-electron chi connectivity index (χ2n) is 4.61. The van der Waals surface area contributed by atoms with Gasteiger partial charge in [-0.05, 0) is 30.0 Å². The first-order valence-corrected chi connectivity index (χ1v) is 5.27. The minimum atomic E-state index is -0.121. The van der Waals surface area contributed by atoms with Gasteiger partial charge in [-0.1, -0.05) is 20.8 Å². The Bertz CT molecular complexity index is 428. The van der Waals surface area contributed by atoms with E-state index in [-0.39, 0.29) is 17.1 Å². The van der Waals surface area contributed by atoms with Gasteiger partial charge in [0.25, 0.3) is 0 Å². The quantitative estimate of drug-likeness (QED) is 0.736. The predicted molar refractivity (Wildman–Crippen MR) is 56.8 cm³/mol. The van der Waals surface area contributed by atoms with E-state index in [0.717, 1.165) is 6.42 Å². The number of aromatic nitrogens is 3. The van der Waals surface area contributed by atoms with Crippen molar-refractivity contribution in [3.63, 3.8) is 0 Å². The van der Waals surface area contributed by atoms with E-state index in [1.807, 2.05) is 0 Å². The fraction of sp³-hybridized carbons (Fsp3) is 0.778. The fourth-order valence-electron chi connectivity index (χ4n) is 1.97. The molecule has 78 valence electrons. The van der Waals surface area contributed by atoms with Crippen LogP contribution in [0.15, 0.2) is 4.79 Å². The molecule has 1 aliphatic carbocycles. The van der Waals surface area contributed by atoms with Gasteiger partial charge in [0.05, 0.1) is 0 Å². The van der Waals surface area contributed by atoms with Gasteiger partial charge in [0.2, 0.25) is 0 Å². The molecule has 1 saturated carbocycles. The van der Waals surface area contributed by atoms with E-state index in [4.69, 9.17) is 12.2 Å². The smallest absolute Gasteiger partial charge is 0.272 e. The van der Waals surface area contributed by atoms with Crippen molar-refractivity contribution in [2.45, 2.75) is 33.2 Å². The van der Waals surface area contributed by atoms with Crippen molar-refractivity contribution in [1.82, 2.24) is 14.8 Å². The molecule has 0 amide bonds. The molecule has 1 fully saturated rings. The minimum Gasteiger partial charge on any atom is -0.272 e. The van der Waals surface area contributed by atoms with Crippen molar-refractivity contribution in [2.24, 2.45) is 11.3 Å². The highest BCUT2D eigenvalue weighted by molar-refractivity contribution is 7.71. The number of H-pyrrole nitrogens is 2. The van der Waals surface area contributed by atoms with Crippen LogP contribution in [0.3, 0.4) is 0 Å². The van der Waals surface area contributed by atoms with E-state index >= 15 is 0 Å². The highest BCUT2D eigenvalue weighted by atomic mass is 32.1. The van der Waals surface area contributed by atoms with Crippen LogP contribution in [-0.2, 0) is 0 Å². The average molecular weight is 213 g/mol. The maximum Gasteiger partial charge on any atom is 0.342 e. The number of hydrogen-bond acceptors (Lipinski definition) is 2. The summed E-state index contributed by atoms with van der Waals surface area (Å²) in [5, 5.41) is 5.19. The van der Waals surface area contributed by atoms with Crippen LogP contribution in [0.1, 0.15) is 33.2 Å². The molecule has 5 heteroatoms. The Hall–Kier alpha value is -0.840. The number of aromatic amines is 2. The fourth-order valence-corrected chi connectivity index (χ4v) is 2.23. The van der Waals surface area contributed by atoms with E-state index in [9.17, 15) is 4.79 Å². The van der Waals surface area contributed by atoms with Crippen molar-refractivity contribution < 1.29 is 0 Å². The maximum absolute atomic E-state index is 11.4. The lowest BCUT2D eigenvalue weighted by molar-refractivity contribution is 0.352. The molecule has 0 aromatic carbocycles. The van der Waals surface area contributed by atoms with Crippen LogP contribution in [0, 0.1) is 16.1 Å². The summed E-state index contributed by atoms with van der Waals surface area (Å²) in [6.07, 6.45) is 1.04. The third-order valence-corrected chi connectivity index (χ3v) is 3.88. The molecule has 14 heavy (non-hydrogen) atoms. The normalized spacial score (nSPS) is 31.0. The van der Waals surface area contributed by atoms with Gasteiger partial charge in [-0.25, -0.2) is 9.89 Å². The van der Waals surface area contributed by atoms with Gasteiger partial charge < -0.3 is 0 Å². The summed E-state index contributed by atoms with van der Waals surface area (Å²) in [6.45, 7) is 6.57. The number of nitrogens with zero attached hydrogens (tertiary/aromatic N) is 1. The maximum atomic E-state index is 11.4. The molecule has 1 aromatic rings. The van der Waals surface area contributed by atoms with E-state index < -0.39 is 0 Å². The highest BCUT2D eigenvalue weighted by Crippen LogP contribution is 2.60. The topological polar surface area (TPSA) is 53.6 Å². The van der Waals surface area contributed by atoms with E-state index in [0.29, 0.717) is 10.7 Å². The first-order chi connectivity index (χ1) is 6.47. The van der Waals surface area contributed by atoms with Gasteiger partial charge in [0.15, 0.2) is 4.77 Å². The van der Waals surface area contributed by atoms with Gasteiger partial charge in [0.1, 0.15) is 0 Å². The third-order valence-electron chi connectivity index (χ3n) is 3.58. The first-order valence-electron chi connectivity index (χ1n) is 4.86. The monoisotopic (exact) mass is 213 g/mol. The van der Waals surface area contributed by atoms with E-state index in [1.165, 1.54) is 0 Å². The molecular formula is C9H15N3OS. The molecule has 1 aromatic heterocycles. The van der Waals surface area contributed by atoms with Crippen LogP contribution in [0.25, 0.3) is 0 Å². The van der Waals surface area contributed by atoms with E-state index in [2.05, 4.69) is 31.0 Å². The van der Waals surface area contributed by atoms with Crippen LogP contribution in [0.2, 0.25) is 0 Å². The molecule has 2 rings (SSSR count). The minimum absolute atomic E-state index is 0.121. The zero-order chi connectivity index (χ0) is 10.5. The SMILES string of the molecule is CC(C)C1(C)CC1n1c(=O)[nH][nH]c1=S. The summed E-state index contributed by atoms with van der Waals surface area (Å²) < 4.78 is 2.17. The predicted octanol–water partition coefficient (Wildman–Crippen LogP) is 1.84. The zero-order valence-electron chi connectivity index (χ0n) is 8.63. The third kappa shape index (κ3) is 1.19. The van der Waals surface area contributed by atoms with Crippen molar-refractivity contribution in [3.8, 4) is 0 Å². The van der Waals surface area contributed by atoms with Gasteiger partial charge >= 0.3 is 5.69 Å². The lowest BCUT2D eigenvalue weighted by atomic mass is 9.94. The molecular weight excluding hydrogens is 198 g/mol. The molecule has 1 aliphatic rings. The Kier molecular flexibility index (Phi) is 1.96. The molecule has 4 nitrogen and oxygen atoms in total. The Morgan fingerprint density at radius 2 is 2.21 bits per heavy atom. The highest BCUT2D eigenvalue weighted by Gasteiger charge is 2.54. The van der Waals surface area contributed by atoms with Crippen LogP contribution in [-0.4, -0.2) is 14.8 Å². The summed E-state index contributed by atoms with van der Waals surface area (Å²) in [5.41, 5.74) is 0.109. The molecule has 0 radical (unpaired) electrons. The van der Waals surface area contributed by atoms with Gasteiger partial charge in [0, 0.05) is 6.04 Å². The number of nitrogens with one attached hydrogen (secondary N) is 2. The molecule has 2 unspecified atom stereocenters. The lowest BCUT2D eigenvalue weighted by Gasteiger charge is -2.15. The van der Waals surface area contributed by atoms with Crippen molar-refractivity contribution in [2.75, 3.05) is 0 Å². The second kappa shape index (κ2) is 2.82. The second-order valence-corrected chi connectivity index (χ2v) is 5.00. The van der Waals surface area contributed by atoms with Crippen molar-refractivity contribution in [3.05, 3.63) is 15.3 Å². The van der Waals surface area contributed by atoms with Crippen LogP contribution >= 0.6 is 12.2 Å². The molecule has 0 aliphatic heterocycles. The standard InChI is InChI=1S/C9H15N3OS/c1-5(2)9(3)4-6(9)12-7(13)10-11-8(12)14/h5-6H,4H2,1-3H3,(H,10,13)(H,11,14). The van der Waals surface area contributed by atoms with Crippen LogP contribution in [0.5, 0.6) is 0 Å². The molecule has 2 N–H and O–H groups in total. The van der Waals surface area contributed by atoms with Crippen LogP contribution < -0.4 is 5.69 Å². The largest absolute Gasteiger partial charge is 0.342 e. The number of rotatable bonds is 2. The molecule has 0 saturated heterocycles. The summed E-state index contributed by atoms with van der Waals surface area (Å²) in [5.74, 6) is 0.573. The summed E-state index contributed by atoms with van der Waals surface area (Å²) in [4.78, 5) is 11.4. The van der Waals surface area contributed by atoms with Gasteiger partial charge in [-0.2, -0.15) is 0 Å². The summed E-state index contributed by atoms with van der Waals surface area (Å²) in [7, 11) is 0.